The van der Waals surface area contributed by atoms with Crippen LogP contribution in [0, 0.1) is 0 Å². The fourth-order valence-corrected chi connectivity index (χ4v) is 2.09. The lowest BCUT2D eigenvalue weighted by Gasteiger charge is -2.16. The summed E-state index contributed by atoms with van der Waals surface area (Å²) in [6.07, 6.45) is 0.581. The van der Waals surface area contributed by atoms with E-state index in [0.29, 0.717) is 12.0 Å². The molecule has 21 heavy (non-hydrogen) atoms. The maximum atomic E-state index is 12.1. The molecule has 0 aliphatic rings. The second-order valence-corrected chi connectivity index (χ2v) is 4.90. The lowest BCUT2D eigenvalue weighted by atomic mass is 10.1. The number of nitrogens with one attached hydrogen (secondary N) is 1. The van der Waals surface area contributed by atoms with Crippen molar-refractivity contribution in [1.82, 2.24) is 5.32 Å². The van der Waals surface area contributed by atoms with Crippen molar-refractivity contribution in [2.24, 2.45) is 0 Å². The first-order valence-electron chi connectivity index (χ1n) is 6.88. The molecule has 4 nitrogen and oxygen atoms in total. The van der Waals surface area contributed by atoms with E-state index >= 15 is 0 Å². The number of carbonyl (C=O) groups is 1. The number of rotatable bonds is 6. The normalized spacial score (nSPS) is 11.9. The quantitative estimate of drug-likeness (QED) is 0.753. The van der Waals surface area contributed by atoms with Crippen molar-refractivity contribution in [2.45, 2.75) is 19.1 Å². The molecule has 3 N–H and O–H groups in total. The molecule has 2 rings (SSSR count). The molecule has 0 saturated heterocycles. The second-order valence-electron chi connectivity index (χ2n) is 4.90. The Morgan fingerprint density at radius 2 is 1.62 bits per heavy atom. The molecule has 1 atom stereocenters. The Morgan fingerprint density at radius 3 is 2.19 bits per heavy atom. The molecule has 2 aromatic rings. The van der Waals surface area contributed by atoms with Crippen LogP contribution < -0.4 is 5.32 Å². The highest BCUT2D eigenvalue weighted by molar-refractivity contribution is 5.94. The first-order chi connectivity index (χ1) is 10.2. The van der Waals surface area contributed by atoms with Crippen LogP contribution >= 0.6 is 0 Å². The van der Waals surface area contributed by atoms with Crippen molar-refractivity contribution in [2.75, 3.05) is 6.61 Å². The van der Waals surface area contributed by atoms with Gasteiger partial charge in [0.1, 0.15) is 0 Å². The third-order valence-electron chi connectivity index (χ3n) is 3.28. The maximum absolute atomic E-state index is 12.1. The number of hydrogen-bond acceptors (Lipinski definition) is 3. The largest absolute Gasteiger partial charge is 0.394 e. The standard InChI is InChI=1S/C17H19NO3/c19-11-14-6-8-15(9-7-14)17(21)18-16(12-20)10-13-4-2-1-3-5-13/h1-9,16,19-20H,10-12H2,(H,18,21)/t16-/m1/s1. The number of aliphatic hydroxyl groups excluding tert-OH is 2. The van der Waals surface area contributed by atoms with E-state index in [1.807, 2.05) is 30.3 Å². The Bertz CT molecular complexity index is 566. The number of carbonyl (C=O) groups excluding carboxylic acids is 1. The molecule has 4 heteroatoms. The van der Waals surface area contributed by atoms with E-state index in [9.17, 15) is 9.90 Å². The first-order valence-corrected chi connectivity index (χ1v) is 6.88. The highest BCUT2D eigenvalue weighted by Gasteiger charge is 2.13. The lowest BCUT2D eigenvalue weighted by Crippen LogP contribution is -2.39. The summed E-state index contributed by atoms with van der Waals surface area (Å²) in [7, 11) is 0. The predicted molar refractivity (Wildman–Crippen MR) is 80.9 cm³/mol. The van der Waals surface area contributed by atoms with Gasteiger partial charge in [0.15, 0.2) is 0 Å². The van der Waals surface area contributed by atoms with Crippen LogP contribution in [0.15, 0.2) is 54.6 Å². The van der Waals surface area contributed by atoms with Gasteiger partial charge in [0.05, 0.1) is 19.3 Å². The van der Waals surface area contributed by atoms with Crippen molar-refractivity contribution in [3.63, 3.8) is 0 Å². The molecule has 0 bridgehead atoms. The second kappa shape index (κ2) is 7.57. The molecule has 2 aromatic carbocycles. The minimum atomic E-state index is -0.322. The fraction of sp³-hybridized carbons (Fsp3) is 0.235. The van der Waals surface area contributed by atoms with Crippen LogP contribution in [0.1, 0.15) is 21.5 Å². The van der Waals surface area contributed by atoms with Gasteiger partial charge in [-0.2, -0.15) is 0 Å². The van der Waals surface area contributed by atoms with E-state index in [1.165, 1.54) is 0 Å². The maximum Gasteiger partial charge on any atom is 0.251 e. The van der Waals surface area contributed by atoms with Crippen molar-refractivity contribution in [3.8, 4) is 0 Å². The van der Waals surface area contributed by atoms with Gasteiger partial charge >= 0.3 is 0 Å². The van der Waals surface area contributed by atoms with Gasteiger partial charge in [-0.15, -0.1) is 0 Å². The summed E-state index contributed by atoms with van der Waals surface area (Å²) in [6.45, 7) is -0.162. The predicted octanol–water partition coefficient (Wildman–Crippen LogP) is 1.51. The van der Waals surface area contributed by atoms with Crippen molar-refractivity contribution < 1.29 is 15.0 Å². The smallest absolute Gasteiger partial charge is 0.251 e. The minimum absolute atomic E-state index is 0.0465. The molecule has 1 amide bonds. The summed E-state index contributed by atoms with van der Waals surface area (Å²) in [4.78, 5) is 12.1. The average Bonchev–Trinajstić information content (AvgIpc) is 2.55. The molecule has 0 unspecified atom stereocenters. The topological polar surface area (TPSA) is 69.6 Å². The molecular weight excluding hydrogens is 266 g/mol. The Kier molecular flexibility index (Phi) is 5.49. The number of aliphatic hydroxyl groups is 2. The third-order valence-corrected chi connectivity index (χ3v) is 3.28. The van der Waals surface area contributed by atoms with Crippen LogP contribution in [0.3, 0.4) is 0 Å². The van der Waals surface area contributed by atoms with Gasteiger partial charge in [0, 0.05) is 5.56 Å². The number of benzene rings is 2. The molecule has 0 heterocycles. The summed E-state index contributed by atoms with van der Waals surface area (Å²) in [5.41, 5.74) is 2.33. The third kappa shape index (κ3) is 4.41. The Labute approximate surface area is 124 Å². The number of hydrogen-bond donors (Lipinski definition) is 3. The molecule has 0 radical (unpaired) electrons. The summed E-state index contributed by atoms with van der Waals surface area (Å²) in [5.74, 6) is -0.227. The van der Waals surface area contributed by atoms with Crippen molar-refractivity contribution in [3.05, 3.63) is 71.3 Å². The first kappa shape index (κ1) is 15.2. The Morgan fingerprint density at radius 1 is 0.952 bits per heavy atom. The zero-order valence-corrected chi connectivity index (χ0v) is 11.7. The van der Waals surface area contributed by atoms with Crippen LogP contribution in [-0.4, -0.2) is 28.8 Å². The van der Waals surface area contributed by atoms with Gasteiger partial charge in [-0.3, -0.25) is 4.79 Å². The monoisotopic (exact) mass is 285 g/mol. The summed E-state index contributed by atoms with van der Waals surface area (Å²) in [5, 5.41) is 21.2. The van der Waals surface area contributed by atoms with Crippen LogP contribution in [-0.2, 0) is 13.0 Å². The Hall–Kier alpha value is -2.17. The SMILES string of the molecule is O=C(N[C@@H](CO)Cc1ccccc1)c1ccc(CO)cc1. The van der Waals surface area contributed by atoms with Crippen LogP contribution in [0.2, 0.25) is 0 Å². The molecule has 0 saturated carbocycles. The highest BCUT2D eigenvalue weighted by atomic mass is 16.3. The molecule has 0 aliphatic carbocycles. The van der Waals surface area contributed by atoms with Gasteiger partial charge < -0.3 is 15.5 Å². The fourth-order valence-electron chi connectivity index (χ4n) is 2.09. The molecule has 0 aromatic heterocycles. The van der Waals surface area contributed by atoms with Crippen LogP contribution in [0.4, 0.5) is 0 Å². The van der Waals surface area contributed by atoms with Gasteiger partial charge in [-0.1, -0.05) is 42.5 Å². The molecule has 0 fully saturated rings. The minimum Gasteiger partial charge on any atom is -0.394 e. The number of amides is 1. The zero-order chi connectivity index (χ0) is 15.1. The van der Waals surface area contributed by atoms with Gasteiger partial charge in [-0.25, -0.2) is 0 Å². The zero-order valence-electron chi connectivity index (χ0n) is 11.7. The van der Waals surface area contributed by atoms with E-state index in [4.69, 9.17) is 5.11 Å². The van der Waals surface area contributed by atoms with Gasteiger partial charge in [0.2, 0.25) is 0 Å². The Balaban J connectivity index is 1.98. The van der Waals surface area contributed by atoms with E-state index in [1.54, 1.807) is 24.3 Å². The highest BCUT2D eigenvalue weighted by Crippen LogP contribution is 2.07. The molecule has 0 spiro atoms. The van der Waals surface area contributed by atoms with Crippen LogP contribution in [0.5, 0.6) is 0 Å². The average molecular weight is 285 g/mol. The summed E-state index contributed by atoms with van der Waals surface area (Å²) in [6, 6.07) is 16.1. The molecule has 110 valence electrons. The lowest BCUT2D eigenvalue weighted by molar-refractivity contribution is 0.0916. The van der Waals surface area contributed by atoms with Crippen molar-refractivity contribution >= 4 is 5.91 Å². The molecule has 0 aliphatic heterocycles. The summed E-state index contributed by atoms with van der Waals surface area (Å²) < 4.78 is 0. The van der Waals surface area contributed by atoms with E-state index in [2.05, 4.69) is 5.32 Å². The van der Waals surface area contributed by atoms with Crippen LogP contribution in [0.25, 0.3) is 0 Å². The van der Waals surface area contributed by atoms with Crippen molar-refractivity contribution in [1.29, 1.82) is 0 Å². The molecular formula is C17H19NO3. The van der Waals surface area contributed by atoms with E-state index in [0.717, 1.165) is 11.1 Å². The van der Waals surface area contributed by atoms with E-state index in [-0.39, 0.29) is 25.2 Å². The van der Waals surface area contributed by atoms with Gasteiger partial charge in [0.25, 0.3) is 5.91 Å². The summed E-state index contributed by atoms with van der Waals surface area (Å²) >= 11 is 0. The van der Waals surface area contributed by atoms with E-state index < -0.39 is 0 Å². The van der Waals surface area contributed by atoms with Gasteiger partial charge in [-0.05, 0) is 29.7 Å².